The standard InChI is InChI=1S/C19H18N2O2S/c1-14-12-17(15(2)21(14)19-20-10-11-24-19)8-9-18(22)23-13-16-6-4-3-5-7-16/h3-12H,13H2,1-2H3/b9-8+. The van der Waals surface area contributed by atoms with Gasteiger partial charge in [-0.2, -0.15) is 0 Å². The predicted octanol–water partition coefficient (Wildman–Crippen LogP) is 4.31. The van der Waals surface area contributed by atoms with Crippen molar-refractivity contribution >= 4 is 23.4 Å². The molecule has 0 aliphatic rings. The molecule has 0 aliphatic carbocycles. The summed E-state index contributed by atoms with van der Waals surface area (Å²) in [6, 6.07) is 11.7. The van der Waals surface area contributed by atoms with Crippen molar-refractivity contribution in [2.45, 2.75) is 20.5 Å². The number of thiazole rings is 1. The first kappa shape index (κ1) is 16.2. The Hall–Kier alpha value is -2.66. The minimum absolute atomic E-state index is 0.280. The van der Waals surface area contributed by atoms with Crippen LogP contribution in [0.4, 0.5) is 0 Å². The molecule has 122 valence electrons. The number of ether oxygens (including phenoxy) is 1. The molecule has 0 fully saturated rings. The van der Waals surface area contributed by atoms with Gasteiger partial charge in [-0.1, -0.05) is 30.3 Å². The molecule has 24 heavy (non-hydrogen) atoms. The molecule has 0 N–H and O–H groups in total. The minimum Gasteiger partial charge on any atom is -0.458 e. The maximum Gasteiger partial charge on any atom is 0.331 e. The van der Waals surface area contributed by atoms with E-state index in [1.807, 2.05) is 55.6 Å². The molecule has 0 aliphatic heterocycles. The molecule has 2 heterocycles. The van der Waals surface area contributed by atoms with Crippen molar-refractivity contribution < 1.29 is 9.53 Å². The predicted molar refractivity (Wildman–Crippen MR) is 96.2 cm³/mol. The number of aromatic nitrogens is 2. The van der Waals surface area contributed by atoms with E-state index in [4.69, 9.17) is 4.74 Å². The molecule has 2 aromatic heterocycles. The van der Waals surface area contributed by atoms with Crippen molar-refractivity contribution in [3.8, 4) is 5.13 Å². The van der Waals surface area contributed by atoms with Gasteiger partial charge in [-0.25, -0.2) is 9.78 Å². The Kier molecular flexibility index (Phi) is 4.91. The fourth-order valence-electron chi connectivity index (χ4n) is 2.51. The zero-order valence-electron chi connectivity index (χ0n) is 13.6. The van der Waals surface area contributed by atoms with Gasteiger partial charge in [-0.05, 0) is 37.1 Å². The number of nitrogens with zero attached hydrogens (tertiary/aromatic N) is 2. The van der Waals surface area contributed by atoms with Crippen molar-refractivity contribution in [2.24, 2.45) is 0 Å². The van der Waals surface area contributed by atoms with E-state index in [0.717, 1.165) is 27.6 Å². The highest BCUT2D eigenvalue weighted by Crippen LogP contribution is 2.23. The second-order valence-corrected chi connectivity index (χ2v) is 6.28. The molecule has 0 bridgehead atoms. The first-order valence-corrected chi connectivity index (χ1v) is 8.50. The monoisotopic (exact) mass is 338 g/mol. The number of rotatable bonds is 5. The first-order chi connectivity index (χ1) is 11.6. The zero-order chi connectivity index (χ0) is 16.9. The molecular formula is C19H18N2O2S. The molecule has 0 radical (unpaired) electrons. The first-order valence-electron chi connectivity index (χ1n) is 7.62. The topological polar surface area (TPSA) is 44.1 Å². The fraction of sp³-hybridized carbons (Fsp3) is 0.158. The Bertz CT molecular complexity index is 849. The summed E-state index contributed by atoms with van der Waals surface area (Å²) >= 11 is 1.58. The number of esters is 1. The Morgan fingerprint density at radius 3 is 2.79 bits per heavy atom. The van der Waals surface area contributed by atoms with Crippen LogP contribution < -0.4 is 0 Å². The van der Waals surface area contributed by atoms with Gasteiger partial charge in [0, 0.05) is 29.0 Å². The third-order valence-corrected chi connectivity index (χ3v) is 4.46. The molecule has 0 saturated heterocycles. The number of aryl methyl sites for hydroxylation is 1. The van der Waals surface area contributed by atoms with Crippen LogP contribution in [0.3, 0.4) is 0 Å². The second-order valence-electron chi connectivity index (χ2n) is 5.40. The fourth-order valence-corrected chi connectivity index (χ4v) is 3.26. The van der Waals surface area contributed by atoms with Crippen molar-refractivity contribution in [3.05, 3.63) is 76.6 Å². The van der Waals surface area contributed by atoms with Crippen molar-refractivity contribution in [1.29, 1.82) is 0 Å². The third-order valence-electron chi connectivity index (χ3n) is 3.70. The van der Waals surface area contributed by atoms with Gasteiger partial charge >= 0.3 is 5.97 Å². The molecule has 1 aromatic carbocycles. The summed E-state index contributed by atoms with van der Waals surface area (Å²) in [4.78, 5) is 16.2. The lowest BCUT2D eigenvalue weighted by Crippen LogP contribution is -2.00. The van der Waals surface area contributed by atoms with Crippen LogP contribution >= 0.6 is 11.3 Å². The van der Waals surface area contributed by atoms with Crippen LogP contribution in [0.5, 0.6) is 0 Å². The van der Waals surface area contributed by atoms with Gasteiger partial charge in [0.2, 0.25) is 0 Å². The van der Waals surface area contributed by atoms with Crippen LogP contribution in [0.25, 0.3) is 11.2 Å². The summed E-state index contributed by atoms with van der Waals surface area (Å²) in [5.41, 5.74) is 4.09. The molecule has 0 amide bonds. The average Bonchev–Trinajstić information content (AvgIpc) is 3.20. The minimum atomic E-state index is -0.349. The van der Waals surface area contributed by atoms with Crippen LogP contribution in [0.1, 0.15) is 22.5 Å². The number of carbonyl (C=O) groups is 1. The quantitative estimate of drug-likeness (QED) is 0.514. The van der Waals surface area contributed by atoms with E-state index < -0.39 is 0 Å². The molecule has 3 rings (SSSR count). The van der Waals surface area contributed by atoms with E-state index >= 15 is 0 Å². The highest BCUT2D eigenvalue weighted by atomic mass is 32.1. The van der Waals surface area contributed by atoms with Crippen molar-refractivity contribution in [1.82, 2.24) is 9.55 Å². The van der Waals surface area contributed by atoms with E-state index in [2.05, 4.69) is 9.55 Å². The Labute approximate surface area is 145 Å². The molecule has 0 spiro atoms. The molecule has 4 nitrogen and oxygen atoms in total. The van der Waals surface area contributed by atoms with Crippen LogP contribution in [0.2, 0.25) is 0 Å². The van der Waals surface area contributed by atoms with Crippen molar-refractivity contribution in [2.75, 3.05) is 0 Å². The summed E-state index contributed by atoms with van der Waals surface area (Å²) in [5.74, 6) is -0.349. The van der Waals surface area contributed by atoms with Gasteiger partial charge in [0.15, 0.2) is 5.13 Å². The number of hydrogen-bond donors (Lipinski definition) is 0. The van der Waals surface area contributed by atoms with Gasteiger partial charge in [-0.3, -0.25) is 4.57 Å². The van der Waals surface area contributed by atoms with E-state index in [1.54, 1.807) is 23.6 Å². The van der Waals surface area contributed by atoms with Gasteiger partial charge in [0.1, 0.15) is 6.61 Å². The Morgan fingerprint density at radius 2 is 2.08 bits per heavy atom. The lowest BCUT2D eigenvalue weighted by molar-refractivity contribution is -0.138. The lowest BCUT2D eigenvalue weighted by Gasteiger charge is -2.04. The molecule has 0 atom stereocenters. The number of benzene rings is 1. The highest BCUT2D eigenvalue weighted by molar-refractivity contribution is 7.12. The maximum absolute atomic E-state index is 11.9. The van der Waals surface area contributed by atoms with Gasteiger partial charge in [0.05, 0.1) is 0 Å². The molecule has 5 heteroatoms. The SMILES string of the molecule is Cc1cc(/C=C/C(=O)OCc2ccccc2)c(C)n1-c1nccs1. The second kappa shape index (κ2) is 7.27. The number of carbonyl (C=O) groups excluding carboxylic acids is 1. The van der Waals surface area contributed by atoms with Crippen molar-refractivity contribution in [3.63, 3.8) is 0 Å². The summed E-state index contributed by atoms with van der Waals surface area (Å²) < 4.78 is 7.34. The van der Waals surface area contributed by atoms with Crippen LogP contribution in [-0.2, 0) is 16.1 Å². The van der Waals surface area contributed by atoms with E-state index in [-0.39, 0.29) is 12.6 Å². The third kappa shape index (κ3) is 3.63. The van der Waals surface area contributed by atoms with E-state index in [0.29, 0.717) is 0 Å². The normalized spacial score (nSPS) is 11.1. The molecule has 3 aromatic rings. The van der Waals surface area contributed by atoms with Gasteiger partial charge in [0.25, 0.3) is 0 Å². The highest BCUT2D eigenvalue weighted by Gasteiger charge is 2.10. The summed E-state index contributed by atoms with van der Waals surface area (Å²) in [7, 11) is 0. The van der Waals surface area contributed by atoms with E-state index in [9.17, 15) is 4.79 Å². The Morgan fingerprint density at radius 1 is 1.29 bits per heavy atom. The van der Waals surface area contributed by atoms with Gasteiger partial charge in [-0.15, -0.1) is 11.3 Å². The number of hydrogen-bond acceptors (Lipinski definition) is 4. The largest absolute Gasteiger partial charge is 0.458 e. The van der Waals surface area contributed by atoms with Gasteiger partial charge < -0.3 is 4.74 Å². The zero-order valence-corrected chi connectivity index (χ0v) is 14.4. The lowest BCUT2D eigenvalue weighted by atomic mass is 10.2. The summed E-state index contributed by atoms with van der Waals surface area (Å²) in [5, 5.41) is 2.88. The van der Waals surface area contributed by atoms with Crippen LogP contribution in [-0.4, -0.2) is 15.5 Å². The molecule has 0 saturated carbocycles. The Balaban J connectivity index is 1.68. The molecular weight excluding hydrogens is 320 g/mol. The smallest absolute Gasteiger partial charge is 0.331 e. The maximum atomic E-state index is 11.9. The van der Waals surface area contributed by atoms with Crippen LogP contribution in [0.15, 0.2) is 54.1 Å². The summed E-state index contributed by atoms with van der Waals surface area (Å²) in [6.07, 6.45) is 5.05. The van der Waals surface area contributed by atoms with E-state index in [1.165, 1.54) is 6.08 Å². The van der Waals surface area contributed by atoms with Crippen LogP contribution in [0, 0.1) is 13.8 Å². The molecule has 0 unspecified atom stereocenters. The average molecular weight is 338 g/mol. The summed E-state index contributed by atoms with van der Waals surface area (Å²) in [6.45, 7) is 4.32.